The predicted molar refractivity (Wildman–Crippen MR) is 117 cm³/mol. The van der Waals surface area contributed by atoms with E-state index in [0.717, 1.165) is 5.69 Å². The summed E-state index contributed by atoms with van der Waals surface area (Å²) in [4.78, 5) is 49.5. The molecule has 5 aliphatic rings. The lowest BCUT2D eigenvalue weighted by molar-refractivity contribution is -0.237. The highest BCUT2D eigenvalue weighted by atomic mass is 19.4. The van der Waals surface area contributed by atoms with E-state index in [1.807, 2.05) is 35.2 Å². The number of alkyl halides is 3. The number of para-hydroxylation sites is 1. The minimum atomic E-state index is -4.25. The second-order valence-electron chi connectivity index (χ2n) is 10.5. The maximum Gasteiger partial charge on any atom is 0.401 e. The minimum absolute atomic E-state index is 0.00175. The number of nitrogens with zero attached hydrogens (tertiary/aromatic N) is 4. The van der Waals surface area contributed by atoms with Crippen LogP contribution in [0.2, 0.25) is 0 Å². The zero-order valence-corrected chi connectivity index (χ0v) is 19.1. The molecule has 3 aliphatic heterocycles. The number of carbonyl (C=O) groups is 3. The maximum atomic E-state index is 13.2. The van der Waals surface area contributed by atoms with Crippen LogP contribution in [0.4, 0.5) is 23.7 Å². The Bertz CT molecular complexity index is 1050. The van der Waals surface area contributed by atoms with Crippen molar-refractivity contribution >= 4 is 23.6 Å². The average Bonchev–Trinajstić information content (AvgIpc) is 3.02. The second-order valence-corrected chi connectivity index (χ2v) is 10.5. The number of piperazine rings is 1. The molecule has 1 aromatic rings. The van der Waals surface area contributed by atoms with Gasteiger partial charge in [-0.3, -0.25) is 9.69 Å². The molecule has 11 heteroatoms. The summed E-state index contributed by atoms with van der Waals surface area (Å²) >= 11 is 0. The third-order valence-corrected chi connectivity index (χ3v) is 8.61. The lowest BCUT2D eigenvalue weighted by atomic mass is 9.38. The fourth-order valence-electron chi connectivity index (χ4n) is 7.14. The van der Waals surface area contributed by atoms with Gasteiger partial charge in [-0.1, -0.05) is 23.3 Å². The Morgan fingerprint density at radius 1 is 1.03 bits per heavy atom. The number of hydroxylamine groups is 2. The molecule has 3 saturated heterocycles. The average molecular weight is 492 g/mol. The van der Waals surface area contributed by atoms with Gasteiger partial charge in [0.2, 0.25) is 0 Å². The number of benzene rings is 1. The molecule has 2 aliphatic carbocycles. The van der Waals surface area contributed by atoms with E-state index in [1.54, 1.807) is 0 Å². The van der Waals surface area contributed by atoms with Crippen molar-refractivity contribution in [1.29, 1.82) is 0 Å². The number of likely N-dealkylation sites (tertiary alicyclic amines) is 1. The molecule has 0 bridgehead atoms. The molecule has 5 fully saturated rings. The van der Waals surface area contributed by atoms with Gasteiger partial charge < -0.3 is 14.6 Å². The lowest BCUT2D eigenvalue weighted by Gasteiger charge is -2.64. The molecule has 0 radical (unpaired) electrons. The summed E-state index contributed by atoms with van der Waals surface area (Å²) in [5.41, 5.74) is 0.166. The molecule has 5 unspecified atom stereocenters. The number of hydrogen-bond acceptors (Lipinski definition) is 6. The minimum Gasteiger partial charge on any atom is -0.367 e. The number of amides is 3. The molecular weight excluding hydrogens is 465 g/mol. The van der Waals surface area contributed by atoms with Crippen molar-refractivity contribution in [3.05, 3.63) is 30.3 Å². The summed E-state index contributed by atoms with van der Waals surface area (Å²) in [5, 5.41) is 0.615. The van der Waals surface area contributed by atoms with Gasteiger partial charge in [0.15, 0.2) is 0 Å². The Balaban J connectivity index is 1.11. The Hall–Kier alpha value is -2.82. The fraction of sp³-hybridized carbons (Fsp3) is 0.625. The van der Waals surface area contributed by atoms with Crippen molar-refractivity contribution < 1.29 is 32.4 Å². The topological polar surface area (TPSA) is 73.4 Å². The van der Waals surface area contributed by atoms with Crippen LogP contribution in [0.5, 0.6) is 0 Å². The van der Waals surface area contributed by atoms with Gasteiger partial charge in [-0.15, -0.1) is 0 Å². The van der Waals surface area contributed by atoms with Crippen LogP contribution < -0.4 is 4.90 Å². The number of halogens is 3. The zero-order chi connectivity index (χ0) is 24.5. The Labute approximate surface area is 200 Å². The normalized spacial score (nSPS) is 34.5. The van der Waals surface area contributed by atoms with Gasteiger partial charge in [-0.05, 0) is 55.7 Å². The van der Waals surface area contributed by atoms with E-state index >= 15 is 0 Å². The number of imide groups is 1. The highest BCUT2D eigenvalue weighted by molar-refractivity contribution is 6.04. The van der Waals surface area contributed by atoms with Crippen LogP contribution in [0, 0.1) is 23.2 Å². The van der Waals surface area contributed by atoms with Crippen molar-refractivity contribution in [3.8, 4) is 0 Å². The number of carbonyl (C=O) groups excluding carboxylic acids is 3. The van der Waals surface area contributed by atoms with E-state index in [4.69, 9.17) is 4.84 Å². The molecule has 6 rings (SSSR count). The molecule has 3 heterocycles. The van der Waals surface area contributed by atoms with Gasteiger partial charge in [0, 0.05) is 31.9 Å². The van der Waals surface area contributed by atoms with Crippen molar-refractivity contribution in [2.75, 3.05) is 44.2 Å². The molecule has 0 aromatic heterocycles. The molecule has 188 valence electrons. The van der Waals surface area contributed by atoms with E-state index in [0.29, 0.717) is 57.0 Å². The number of urea groups is 1. The van der Waals surface area contributed by atoms with Crippen LogP contribution in [0.25, 0.3) is 0 Å². The summed E-state index contributed by atoms with van der Waals surface area (Å²) in [5.74, 6) is -1.01. The van der Waals surface area contributed by atoms with E-state index < -0.39 is 42.1 Å². The highest BCUT2D eigenvalue weighted by Gasteiger charge is 2.71. The number of fused-ring (bicyclic) bond motifs is 1. The third kappa shape index (κ3) is 3.57. The van der Waals surface area contributed by atoms with Crippen molar-refractivity contribution in [2.45, 2.75) is 31.5 Å². The first-order valence-corrected chi connectivity index (χ1v) is 12.1. The molecule has 5 atom stereocenters. The molecule has 0 N–H and O–H groups in total. The van der Waals surface area contributed by atoms with Gasteiger partial charge in [0.25, 0.3) is 5.91 Å². The number of hydrogen-bond donors (Lipinski definition) is 0. The lowest BCUT2D eigenvalue weighted by Crippen LogP contribution is -2.66. The van der Waals surface area contributed by atoms with E-state index in [-0.39, 0.29) is 17.8 Å². The molecule has 8 nitrogen and oxygen atoms in total. The quantitative estimate of drug-likeness (QED) is 0.602. The Kier molecular flexibility index (Phi) is 5.07. The predicted octanol–water partition coefficient (Wildman–Crippen LogP) is 2.51. The fourth-order valence-corrected chi connectivity index (χ4v) is 7.14. The van der Waals surface area contributed by atoms with Gasteiger partial charge in [-0.25, -0.2) is 9.59 Å². The first kappa shape index (κ1) is 22.6. The van der Waals surface area contributed by atoms with Crippen LogP contribution >= 0.6 is 0 Å². The summed E-state index contributed by atoms with van der Waals surface area (Å²) < 4.78 is 38.6. The smallest absolute Gasteiger partial charge is 0.367 e. The van der Waals surface area contributed by atoms with Crippen LogP contribution in [0.15, 0.2) is 30.3 Å². The molecule has 2 saturated carbocycles. The van der Waals surface area contributed by atoms with Crippen molar-refractivity contribution in [2.24, 2.45) is 23.2 Å². The summed E-state index contributed by atoms with van der Waals surface area (Å²) in [7, 11) is 0. The van der Waals surface area contributed by atoms with Crippen LogP contribution in [0.1, 0.15) is 19.3 Å². The van der Waals surface area contributed by atoms with E-state index in [2.05, 4.69) is 0 Å². The van der Waals surface area contributed by atoms with Crippen LogP contribution in [-0.2, 0) is 14.4 Å². The largest absolute Gasteiger partial charge is 0.401 e. The highest BCUT2D eigenvalue weighted by Crippen LogP contribution is 2.69. The molecule has 1 aromatic carbocycles. The maximum absolute atomic E-state index is 13.2. The SMILES string of the molecule is O=C1C2CN(c3ccccc3)CCN2C(=O)N1OC(=O)C12CC3CCN(CC(F)(F)F)CC(C1)C32. The first-order valence-electron chi connectivity index (χ1n) is 12.1. The van der Waals surface area contributed by atoms with Gasteiger partial charge >= 0.3 is 18.2 Å². The molecule has 3 amide bonds. The summed E-state index contributed by atoms with van der Waals surface area (Å²) in [6.07, 6.45) is -2.66. The molecular formula is C24H27F3N4O4. The Morgan fingerprint density at radius 3 is 2.51 bits per heavy atom. The molecule has 35 heavy (non-hydrogen) atoms. The summed E-state index contributed by atoms with van der Waals surface area (Å²) in [6.45, 7) is 0.947. The molecule has 0 spiro atoms. The van der Waals surface area contributed by atoms with Crippen LogP contribution in [0.3, 0.4) is 0 Å². The van der Waals surface area contributed by atoms with Gasteiger partial charge in [0.05, 0.1) is 12.0 Å². The van der Waals surface area contributed by atoms with Gasteiger partial charge in [0.1, 0.15) is 6.04 Å². The van der Waals surface area contributed by atoms with Crippen molar-refractivity contribution in [1.82, 2.24) is 14.9 Å². The number of rotatable bonds is 4. The van der Waals surface area contributed by atoms with E-state index in [1.165, 1.54) is 9.80 Å². The van der Waals surface area contributed by atoms with E-state index in [9.17, 15) is 27.6 Å². The standard InChI is InChI=1S/C24H27F3N4O4/c25-24(26,27)14-28-7-6-15-10-23(11-16(12-28)19(15)23)21(33)35-31-20(32)18-13-29(8-9-30(18)22(31)34)17-4-2-1-3-5-17/h1-5,15-16,18-19H,6-14H2. The third-order valence-electron chi connectivity index (χ3n) is 8.61. The summed E-state index contributed by atoms with van der Waals surface area (Å²) in [6, 6.07) is 8.25. The zero-order valence-electron chi connectivity index (χ0n) is 19.1. The Morgan fingerprint density at radius 2 is 1.77 bits per heavy atom. The number of anilines is 1. The van der Waals surface area contributed by atoms with Gasteiger partial charge in [-0.2, -0.15) is 13.2 Å². The van der Waals surface area contributed by atoms with Crippen molar-refractivity contribution in [3.63, 3.8) is 0 Å². The first-order chi connectivity index (χ1) is 16.7. The monoisotopic (exact) mass is 492 g/mol. The van der Waals surface area contributed by atoms with Crippen LogP contribution in [-0.4, -0.2) is 84.3 Å². The second kappa shape index (κ2) is 7.84.